The molecule has 7 nitrogen and oxygen atoms in total. The number of benzene rings is 1. The van der Waals surface area contributed by atoms with Gasteiger partial charge >= 0.3 is 0 Å². The van der Waals surface area contributed by atoms with Crippen LogP contribution in [0.2, 0.25) is 0 Å². The summed E-state index contributed by atoms with van der Waals surface area (Å²) < 4.78 is 7.09. The molecule has 0 spiro atoms. The Hall–Kier alpha value is -3.06. The van der Waals surface area contributed by atoms with Crippen LogP contribution in [0.25, 0.3) is 5.69 Å². The van der Waals surface area contributed by atoms with E-state index in [-0.39, 0.29) is 12.0 Å². The van der Waals surface area contributed by atoms with Crippen molar-refractivity contribution in [2.75, 3.05) is 18.6 Å². The highest BCUT2D eigenvalue weighted by atomic mass is 16.5. The fourth-order valence-corrected chi connectivity index (χ4v) is 3.08. The summed E-state index contributed by atoms with van der Waals surface area (Å²) in [5.74, 6) is -0.108. The third kappa shape index (κ3) is 2.89. The van der Waals surface area contributed by atoms with Gasteiger partial charge in [0.25, 0.3) is 5.91 Å². The number of nitrogens with zero attached hydrogens (tertiary/aromatic N) is 5. The van der Waals surface area contributed by atoms with E-state index in [0.717, 1.165) is 17.7 Å². The van der Waals surface area contributed by atoms with Crippen LogP contribution in [0.4, 0.5) is 5.69 Å². The lowest BCUT2D eigenvalue weighted by molar-refractivity contribution is 0.0870. The Kier molecular flexibility index (Phi) is 3.99. The van der Waals surface area contributed by atoms with Gasteiger partial charge < -0.3 is 9.64 Å². The number of anilines is 1. The highest BCUT2D eigenvalue weighted by molar-refractivity contribution is 6.07. The summed E-state index contributed by atoms with van der Waals surface area (Å²) in [6.45, 7) is 0.514. The molecule has 1 amide bonds. The van der Waals surface area contributed by atoms with Crippen LogP contribution in [0.15, 0.2) is 55.1 Å². The lowest BCUT2D eigenvalue weighted by Gasteiger charge is -2.34. The van der Waals surface area contributed by atoms with Crippen molar-refractivity contribution >= 4 is 11.6 Å². The summed E-state index contributed by atoms with van der Waals surface area (Å²) in [5, 5.41) is 7.73. The molecule has 3 aromatic rings. The number of carbonyl (C=O) groups excluding carboxylic acids is 1. The maximum absolute atomic E-state index is 13.1. The summed E-state index contributed by atoms with van der Waals surface area (Å²) in [4.78, 5) is 19.1. The number of hydrogen-bond donors (Lipinski definition) is 0. The monoisotopic (exact) mass is 335 g/mol. The first-order valence-corrected chi connectivity index (χ1v) is 8.00. The average Bonchev–Trinajstić information content (AvgIpc) is 3.21. The van der Waals surface area contributed by atoms with Gasteiger partial charge in [-0.1, -0.05) is 23.4 Å². The highest BCUT2D eigenvalue weighted by Gasteiger charge is 2.29. The number of fused-ring (bicyclic) bond motifs is 1. The topological polar surface area (TPSA) is 73.1 Å². The largest absolute Gasteiger partial charge is 0.379 e. The minimum atomic E-state index is -0.108. The Morgan fingerprint density at radius 2 is 2.16 bits per heavy atom. The van der Waals surface area contributed by atoms with Crippen molar-refractivity contribution in [2.24, 2.45) is 0 Å². The van der Waals surface area contributed by atoms with Gasteiger partial charge in [0.05, 0.1) is 42.5 Å². The van der Waals surface area contributed by atoms with Gasteiger partial charge in [0, 0.05) is 25.4 Å². The molecule has 7 heteroatoms. The van der Waals surface area contributed by atoms with Gasteiger partial charge in [-0.25, -0.2) is 4.68 Å². The van der Waals surface area contributed by atoms with Crippen molar-refractivity contribution in [3.05, 3.63) is 66.2 Å². The first-order valence-electron chi connectivity index (χ1n) is 8.00. The molecule has 0 aliphatic carbocycles. The van der Waals surface area contributed by atoms with Crippen LogP contribution in [0.5, 0.6) is 0 Å². The molecule has 0 N–H and O–H groups in total. The van der Waals surface area contributed by atoms with Crippen LogP contribution < -0.4 is 4.90 Å². The highest BCUT2D eigenvalue weighted by Crippen LogP contribution is 2.29. The summed E-state index contributed by atoms with van der Waals surface area (Å²) in [6, 6.07) is 9.68. The molecule has 1 unspecified atom stereocenters. The van der Waals surface area contributed by atoms with Crippen molar-refractivity contribution in [3.8, 4) is 5.69 Å². The Morgan fingerprint density at radius 3 is 2.96 bits per heavy atom. The third-order valence-corrected chi connectivity index (χ3v) is 4.35. The van der Waals surface area contributed by atoms with Crippen molar-refractivity contribution in [2.45, 2.75) is 12.5 Å². The number of pyridine rings is 1. The van der Waals surface area contributed by atoms with Crippen molar-refractivity contribution < 1.29 is 9.53 Å². The smallest absolute Gasteiger partial charge is 0.260 e. The molecule has 0 radical (unpaired) electrons. The van der Waals surface area contributed by atoms with E-state index < -0.39 is 0 Å². The summed E-state index contributed by atoms with van der Waals surface area (Å²) >= 11 is 0. The molecule has 2 aromatic heterocycles. The number of rotatable bonds is 3. The zero-order chi connectivity index (χ0) is 17.2. The molecule has 1 aliphatic heterocycles. The molecule has 0 saturated carbocycles. The lowest BCUT2D eigenvalue weighted by atomic mass is 9.99. The fraction of sp³-hybridized carbons (Fsp3) is 0.222. The molecular weight excluding hydrogens is 318 g/mol. The van der Waals surface area contributed by atoms with E-state index in [0.29, 0.717) is 17.8 Å². The van der Waals surface area contributed by atoms with Crippen LogP contribution in [0, 0.1) is 0 Å². The molecule has 1 atom stereocenters. The zero-order valence-electron chi connectivity index (χ0n) is 13.7. The Morgan fingerprint density at radius 1 is 1.28 bits per heavy atom. The number of ether oxygens (including phenoxy) is 1. The second kappa shape index (κ2) is 6.45. The fourth-order valence-electron chi connectivity index (χ4n) is 3.08. The van der Waals surface area contributed by atoms with Gasteiger partial charge in [-0.15, -0.1) is 5.10 Å². The first-order chi connectivity index (χ1) is 12.3. The average molecular weight is 335 g/mol. The predicted molar refractivity (Wildman–Crippen MR) is 91.8 cm³/mol. The second-order valence-corrected chi connectivity index (χ2v) is 5.89. The van der Waals surface area contributed by atoms with Crippen LogP contribution in [0.3, 0.4) is 0 Å². The van der Waals surface area contributed by atoms with Gasteiger partial charge in [-0.3, -0.25) is 9.78 Å². The van der Waals surface area contributed by atoms with Gasteiger partial charge in [-0.05, 0) is 17.7 Å². The quantitative estimate of drug-likeness (QED) is 0.731. The Labute approximate surface area is 144 Å². The summed E-state index contributed by atoms with van der Waals surface area (Å²) in [6.07, 6.45) is 7.29. The van der Waals surface area contributed by atoms with E-state index in [1.807, 2.05) is 24.3 Å². The maximum Gasteiger partial charge on any atom is 0.260 e. The molecule has 0 bridgehead atoms. The molecule has 4 rings (SSSR count). The van der Waals surface area contributed by atoms with Gasteiger partial charge in [0.2, 0.25) is 0 Å². The van der Waals surface area contributed by atoms with Crippen molar-refractivity contribution in [3.63, 3.8) is 0 Å². The molecule has 0 saturated heterocycles. The molecule has 25 heavy (non-hydrogen) atoms. The third-order valence-electron chi connectivity index (χ3n) is 4.35. The molecule has 1 aliphatic rings. The Bertz CT molecular complexity index is 894. The number of aromatic nitrogens is 4. The van der Waals surface area contributed by atoms with Crippen LogP contribution in [0.1, 0.15) is 15.9 Å². The molecular formula is C18H17N5O2. The SMILES string of the molecule is COC1Cc2ccccc2N(C(=O)c2cncc(-n3ccnn3)c2)C1. The first kappa shape index (κ1) is 15.5. The molecule has 126 valence electrons. The lowest BCUT2D eigenvalue weighted by Crippen LogP contribution is -2.43. The van der Waals surface area contributed by atoms with Crippen molar-refractivity contribution in [1.29, 1.82) is 0 Å². The van der Waals surface area contributed by atoms with E-state index in [4.69, 9.17) is 4.74 Å². The van der Waals surface area contributed by atoms with Crippen LogP contribution in [-0.2, 0) is 11.2 Å². The predicted octanol–water partition coefficient (Wildman–Crippen LogP) is 1.88. The molecule has 1 aromatic carbocycles. The van der Waals surface area contributed by atoms with Gasteiger partial charge in [-0.2, -0.15) is 0 Å². The van der Waals surface area contributed by atoms with E-state index in [9.17, 15) is 4.79 Å². The number of hydrogen-bond acceptors (Lipinski definition) is 5. The van der Waals surface area contributed by atoms with E-state index in [1.54, 1.807) is 47.5 Å². The summed E-state index contributed by atoms with van der Waals surface area (Å²) in [7, 11) is 1.67. The summed E-state index contributed by atoms with van der Waals surface area (Å²) in [5.41, 5.74) is 3.22. The van der Waals surface area contributed by atoms with Gasteiger partial charge in [0.1, 0.15) is 0 Å². The van der Waals surface area contributed by atoms with Crippen LogP contribution in [-0.4, -0.2) is 45.6 Å². The minimum Gasteiger partial charge on any atom is -0.379 e. The van der Waals surface area contributed by atoms with Crippen molar-refractivity contribution in [1.82, 2.24) is 20.0 Å². The number of amides is 1. The normalized spacial score (nSPS) is 16.5. The van der Waals surface area contributed by atoms with Crippen LogP contribution >= 0.6 is 0 Å². The Balaban J connectivity index is 1.70. The molecule has 0 fully saturated rings. The standard InChI is InChI=1S/C18H17N5O2/c1-25-16-9-13-4-2-3-5-17(13)22(12-16)18(24)14-8-15(11-19-10-14)23-7-6-20-21-23/h2-8,10-11,16H,9,12H2,1H3. The molecule has 3 heterocycles. The van der Waals surface area contributed by atoms with E-state index >= 15 is 0 Å². The van der Waals surface area contributed by atoms with E-state index in [2.05, 4.69) is 15.3 Å². The number of methoxy groups -OCH3 is 1. The maximum atomic E-state index is 13.1. The number of carbonyl (C=O) groups is 1. The van der Waals surface area contributed by atoms with Gasteiger partial charge in [0.15, 0.2) is 0 Å². The minimum absolute atomic E-state index is 0.0229. The zero-order valence-corrected chi connectivity index (χ0v) is 13.7. The van der Waals surface area contributed by atoms with E-state index in [1.165, 1.54) is 0 Å². The number of para-hydroxylation sites is 1. The second-order valence-electron chi connectivity index (χ2n) is 5.89.